The number of nitrogens with zero attached hydrogens (tertiary/aromatic N) is 3. The molecule has 0 bridgehead atoms. The number of carbonyl (C=O) groups excluding carboxylic acids is 2. The maximum atomic E-state index is 12.6. The summed E-state index contributed by atoms with van der Waals surface area (Å²) in [6, 6.07) is 8.98. The van der Waals surface area contributed by atoms with Crippen molar-refractivity contribution in [2.75, 3.05) is 50.1 Å². The predicted octanol–water partition coefficient (Wildman–Crippen LogP) is 2.62. The molecule has 0 aliphatic carbocycles. The highest BCUT2D eigenvalue weighted by Gasteiger charge is 2.22. The molecule has 1 saturated heterocycles. The Morgan fingerprint density at radius 1 is 1.14 bits per heavy atom. The molecule has 3 rings (SSSR count). The summed E-state index contributed by atoms with van der Waals surface area (Å²) in [5.74, 6) is 0.428. The number of anilines is 2. The van der Waals surface area contributed by atoms with Crippen LogP contribution in [0.2, 0.25) is 0 Å². The first-order chi connectivity index (χ1) is 13.6. The number of rotatable bonds is 5. The monoisotopic (exact) mass is 384 g/mol. The van der Waals surface area contributed by atoms with E-state index in [0.29, 0.717) is 49.8 Å². The molecule has 0 saturated carbocycles. The van der Waals surface area contributed by atoms with Crippen LogP contribution in [-0.2, 0) is 4.74 Å². The van der Waals surface area contributed by atoms with Crippen molar-refractivity contribution in [2.24, 2.45) is 0 Å². The molecule has 2 heterocycles. The molecule has 1 aromatic heterocycles. The minimum absolute atomic E-state index is 0.243. The van der Waals surface area contributed by atoms with Crippen LogP contribution in [0.3, 0.4) is 0 Å². The Bertz CT molecular complexity index is 834. The first-order valence-electron chi connectivity index (χ1n) is 9.18. The summed E-state index contributed by atoms with van der Waals surface area (Å²) in [5.41, 5.74) is 1.97. The number of hydrogen-bond donors (Lipinski definition) is 1. The molecule has 0 radical (unpaired) electrons. The van der Waals surface area contributed by atoms with Gasteiger partial charge in [-0.05, 0) is 25.1 Å². The number of amides is 2. The average molecular weight is 384 g/mol. The number of carbonyl (C=O) groups is 2. The molecule has 8 nitrogen and oxygen atoms in total. The smallest absolute Gasteiger partial charge is 0.409 e. The molecule has 0 atom stereocenters. The zero-order chi connectivity index (χ0) is 19.9. The maximum absolute atomic E-state index is 12.6. The van der Waals surface area contributed by atoms with Crippen LogP contribution in [0.5, 0.6) is 5.75 Å². The first kappa shape index (κ1) is 19.5. The summed E-state index contributed by atoms with van der Waals surface area (Å²) in [4.78, 5) is 32.4. The standard InChI is InChI=1S/C20H24N4O4/c1-3-28-20(26)24-9-7-23(8-10-24)17-11-15(13-21-14-17)19(25)22-16-5-4-6-18(12-16)27-2/h4-6,11-14H,3,7-10H2,1-2H3,(H,22,25). The van der Waals surface area contributed by atoms with E-state index in [0.717, 1.165) is 5.69 Å². The van der Waals surface area contributed by atoms with Crippen LogP contribution < -0.4 is 15.0 Å². The van der Waals surface area contributed by atoms with E-state index in [1.54, 1.807) is 37.3 Å². The van der Waals surface area contributed by atoms with Gasteiger partial charge in [0, 0.05) is 44.1 Å². The van der Waals surface area contributed by atoms with Crippen LogP contribution >= 0.6 is 0 Å². The van der Waals surface area contributed by atoms with Crippen molar-refractivity contribution in [3.05, 3.63) is 48.3 Å². The van der Waals surface area contributed by atoms with E-state index in [4.69, 9.17) is 9.47 Å². The van der Waals surface area contributed by atoms with Crippen LogP contribution in [0.25, 0.3) is 0 Å². The third kappa shape index (κ3) is 4.70. The summed E-state index contributed by atoms with van der Waals surface area (Å²) in [7, 11) is 1.58. The quantitative estimate of drug-likeness (QED) is 0.853. The summed E-state index contributed by atoms with van der Waals surface area (Å²) in [5, 5.41) is 2.85. The van der Waals surface area contributed by atoms with E-state index >= 15 is 0 Å². The lowest BCUT2D eigenvalue weighted by Crippen LogP contribution is -2.49. The number of benzene rings is 1. The van der Waals surface area contributed by atoms with Crippen molar-refractivity contribution >= 4 is 23.4 Å². The van der Waals surface area contributed by atoms with Gasteiger partial charge in [0.25, 0.3) is 5.91 Å². The third-order valence-corrected chi connectivity index (χ3v) is 4.48. The van der Waals surface area contributed by atoms with E-state index in [1.165, 1.54) is 6.20 Å². The van der Waals surface area contributed by atoms with E-state index in [1.807, 2.05) is 18.2 Å². The second-order valence-corrected chi connectivity index (χ2v) is 6.29. The number of hydrogen-bond acceptors (Lipinski definition) is 6. The molecule has 148 valence electrons. The van der Waals surface area contributed by atoms with Crippen LogP contribution in [0, 0.1) is 0 Å². The molecule has 2 amide bonds. The lowest BCUT2D eigenvalue weighted by Gasteiger charge is -2.35. The van der Waals surface area contributed by atoms with Crippen LogP contribution in [0.15, 0.2) is 42.7 Å². The second-order valence-electron chi connectivity index (χ2n) is 6.29. The average Bonchev–Trinajstić information content (AvgIpc) is 2.74. The summed E-state index contributed by atoms with van der Waals surface area (Å²) < 4.78 is 10.2. The van der Waals surface area contributed by atoms with E-state index in [-0.39, 0.29) is 12.0 Å². The van der Waals surface area contributed by atoms with Crippen molar-refractivity contribution < 1.29 is 19.1 Å². The normalized spacial score (nSPS) is 13.8. The van der Waals surface area contributed by atoms with Gasteiger partial charge in [-0.25, -0.2) is 4.79 Å². The summed E-state index contributed by atoms with van der Waals surface area (Å²) in [6.45, 7) is 4.61. The van der Waals surface area contributed by atoms with Crippen LogP contribution in [0.4, 0.5) is 16.2 Å². The lowest BCUT2D eigenvalue weighted by atomic mass is 10.2. The molecule has 1 N–H and O–H groups in total. The molecule has 28 heavy (non-hydrogen) atoms. The molecular formula is C20H24N4O4. The first-order valence-corrected chi connectivity index (χ1v) is 9.18. The molecule has 1 aliphatic rings. The fourth-order valence-electron chi connectivity index (χ4n) is 2.99. The Kier molecular flexibility index (Phi) is 6.31. The Labute approximate surface area is 164 Å². The number of aromatic nitrogens is 1. The minimum Gasteiger partial charge on any atom is -0.497 e. The Hall–Kier alpha value is -3.29. The van der Waals surface area contributed by atoms with E-state index in [2.05, 4.69) is 15.2 Å². The number of ether oxygens (including phenoxy) is 2. The molecule has 1 fully saturated rings. The Balaban J connectivity index is 1.64. The number of nitrogens with one attached hydrogen (secondary N) is 1. The Morgan fingerprint density at radius 2 is 1.93 bits per heavy atom. The molecular weight excluding hydrogens is 360 g/mol. The van der Waals surface area contributed by atoms with E-state index in [9.17, 15) is 9.59 Å². The van der Waals surface area contributed by atoms with Gasteiger partial charge in [-0.15, -0.1) is 0 Å². The number of pyridine rings is 1. The van der Waals surface area contributed by atoms with Crippen molar-refractivity contribution in [1.29, 1.82) is 0 Å². The minimum atomic E-state index is -0.285. The molecule has 2 aromatic rings. The number of methoxy groups -OCH3 is 1. The molecule has 1 aromatic carbocycles. The van der Waals surface area contributed by atoms with Gasteiger partial charge >= 0.3 is 6.09 Å². The highest BCUT2D eigenvalue weighted by atomic mass is 16.6. The maximum Gasteiger partial charge on any atom is 0.409 e. The SMILES string of the molecule is CCOC(=O)N1CCN(c2cncc(C(=O)Nc3cccc(OC)c3)c2)CC1. The highest BCUT2D eigenvalue weighted by molar-refractivity contribution is 6.04. The zero-order valence-corrected chi connectivity index (χ0v) is 16.1. The summed E-state index contributed by atoms with van der Waals surface area (Å²) >= 11 is 0. The largest absolute Gasteiger partial charge is 0.497 e. The zero-order valence-electron chi connectivity index (χ0n) is 16.1. The van der Waals surface area contributed by atoms with Gasteiger partial charge in [-0.1, -0.05) is 6.07 Å². The predicted molar refractivity (Wildman–Crippen MR) is 106 cm³/mol. The fraction of sp³-hybridized carbons (Fsp3) is 0.350. The van der Waals surface area contributed by atoms with Gasteiger partial charge in [-0.3, -0.25) is 9.78 Å². The van der Waals surface area contributed by atoms with Gasteiger partial charge in [-0.2, -0.15) is 0 Å². The summed E-state index contributed by atoms with van der Waals surface area (Å²) in [6.07, 6.45) is 2.97. The third-order valence-electron chi connectivity index (χ3n) is 4.48. The topological polar surface area (TPSA) is 84.0 Å². The fourth-order valence-corrected chi connectivity index (χ4v) is 2.99. The van der Waals surface area contributed by atoms with Crippen molar-refractivity contribution in [2.45, 2.75) is 6.92 Å². The van der Waals surface area contributed by atoms with Gasteiger partial charge < -0.3 is 24.6 Å². The van der Waals surface area contributed by atoms with Crippen LogP contribution in [0.1, 0.15) is 17.3 Å². The van der Waals surface area contributed by atoms with Crippen molar-refractivity contribution in [3.63, 3.8) is 0 Å². The molecule has 0 spiro atoms. The Morgan fingerprint density at radius 3 is 2.64 bits per heavy atom. The lowest BCUT2D eigenvalue weighted by molar-refractivity contribution is 0.102. The van der Waals surface area contributed by atoms with Gasteiger partial charge in [0.15, 0.2) is 0 Å². The van der Waals surface area contributed by atoms with Gasteiger partial charge in [0.1, 0.15) is 5.75 Å². The second kappa shape index (κ2) is 9.07. The molecule has 1 aliphatic heterocycles. The molecule has 0 unspecified atom stereocenters. The van der Waals surface area contributed by atoms with Crippen molar-refractivity contribution in [1.82, 2.24) is 9.88 Å². The van der Waals surface area contributed by atoms with Crippen molar-refractivity contribution in [3.8, 4) is 5.75 Å². The highest BCUT2D eigenvalue weighted by Crippen LogP contribution is 2.20. The van der Waals surface area contributed by atoms with Gasteiger partial charge in [0.05, 0.1) is 31.2 Å². The molecule has 8 heteroatoms. The van der Waals surface area contributed by atoms with Gasteiger partial charge in [0.2, 0.25) is 0 Å². The van der Waals surface area contributed by atoms with Crippen LogP contribution in [-0.4, -0.2) is 61.8 Å². The van der Waals surface area contributed by atoms with E-state index < -0.39 is 0 Å². The number of piperazine rings is 1.